The van der Waals surface area contributed by atoms with Crippen molar-refractivity contribution in [3.8, 4) is 0 Å². The first-order valence-corrected chi connectivity index (χ1v) is 7.52. The lowest BCUT2D eigenvalue weighted by atomic mass is 9.97. The lowest BCUT2D eigenvalue weighted by Crippen LogP contribution is -2.18. The molecule has 0 aromatic carbocycles. The molecular weight excluding hydrogens is 262 g/mol. The highest BCUT2D eigenvalue weighted by molar-refractivity contribution is 7.16. The summed E-state index contributed by atoms with van der Waals surface area (Å²) >= 11 is 1.60. The number of rotatable bonds is 4. The third kappa shape index (κ3) is 2.26. The number of hydrogen-bond acceptors (Lipinski definition) is 6. The summed E-state index contributed by atoms with van der Waals surface area (Å²) in [5.74, 6) is 2.02. The minimum atomic E-state index is 0.291. The topological polar surface area (TPSA) is 78.3 Å². The average Bonchev–Trinajstić information content (AvgIpc) is 3.02. The molecule has 0 saturated carbocycles. The fourth-order valence-corrected chi connectivity index (χ4v) is 3.58. The van der Waals surface area contributed by atoms with Crippen LogP contribution in [0.15, 0.2) is 0 Å². The Labute approximate surface area is 116 Å². The van der Waals surface area contributed by atoms with Gasteiger partial charge in [-0.1, -0.05) is 25.2 Å². The van der Waals surface area contributed by atoms with Gasteiger partial charge in [0, 0.05) is 25.0 Å². The number of hydrogen-bond donors (Lipinski definition) is 1. The van der Waals surface area contributed by atoms with Crippen molar-refractivity contribution in [1.29, 1.82) is 0 Å². The highest BCUT2D eigenvalue weighted by Crippen LogP contribution is 2.30. The van der Waals surface area contributed by atoms with Gasteiger partial charge in [0.1, 0.15) is 5.01 Å². The summed E-state index contributed by atoms with van der Waals surface area (Å²) in [4.78, 5) is 0.857. The zero-order valence-electron chi connectivity index (χ0n) is 11.2. The molecule has 1 fully saturated rings. The third-order valence-corrected chi connectivity index (χ3v) is 4.73. The molecule has 2 N–H and O–H groups in total. The summed E-state index contributed by atoms with van der Waals surface area (Å²) in [6.45, 7) is 6.48. The van der Waals surface area contributed by atoms with Gasteiger partial charge in [-0.2, -0.15) is 9.61 Å². The zero-order chi connectivity index (χ0) is 13.4. The van der Waals surface area contributed by atoms with Gasteiger partial charge in [0.15, 0.2) is 5.82 Å². The zero-order valence-corrected chi connectivity index (χ0v) is 12.1. The summed E-state index contributed by atoms with van der Waals surface area (Å²) in [6, 6.07) is 0. The quantitative estimate of drug-likeness (QED) is 0.916. The second kappa shape index (κ2) is 5.15. The van der Waals surface area contributed by atoms with Gasteiger partial charge < -0.3 is 10.5 Å². The molecule has 0 bridgehead atoms. The average molecular weight is 281 g/mol. The van der Waals surface area contributed by atoms with E-state index in [-0.39, 0.29) is 0 Å². The largest absolute Gasteiger partial charge is 0.381 e. The van der Waals surface area contributed by atoms with Crippen molar-refractivity contribution in [1.82, 2.24) is 19.8 Å². The van der Waals surface area contributed by atoms with Crippen LogP contribution < -0.4 is 5.73 Å². The van der Waals surface area contributed by atoms with Crippen molar-refractivity contribution in [3.05, 3.63) is 10.8 Å². The number of aromatic nitrogens is 4. The molecule has 2 aromatic heterocycles. The molecule has 1 saturated heterocycles. The van der Waals surface area contributed by atoms with E-state index in [2.05, 4.69) is 29.1 Å². The number of nitrogens with two attached hydrogens (primary N) is 1. The molecule has 1 aliphatic rings. The van der Waals surface area contributed by atoms with Gasteiger partial charge in [0.05, 0.1) is 6.61 Å². The highest BCUT2D eigenvalue weighted by atomic mass is 32.1. The maximum atomic E-state index is 5.86. The number of fused-ring (bicyclic) bond motifs is 1. The van der Waals surface area contributed by atoms with E-state index >= 15 is 0 Å². The Kier molecular flexibility index (Phi) is 3.51. The van der Waals surface area contributed by atoms with Crippen molar-refractivity contribution in [2.24, 2.45) is 11.7 Å². The summed E-state index contributed by atoms with van der Waals surface area (Å²) in [7, 11) is 0. The summed E-state index contributed by atoms with van der Waals surface area (Å²) in [6.07, 6.45) is 0.998. The molecule has 1 aliphatic heterocycles. The fraction of sp³-hybridized carbons (Fsp3) is 0.750. The molecule has 3 heterocycles. The second-order valence-electron chi connectivity index (χ2n) is 5.34. The highest BCUT2D eigenvalue weighted by Gasteiger charge is 2.26. The molecule has 104 valence electrons. The van der Waals surface area contributed by atoms with E-state index in [1.54, 1.807) is 11.3 Å². The van der Waals surface area contributed by atoms with Crippen LogP contribution in [-0.2, 0) is 4.74 Å². The molecule has 2 unspecified atom stereocenters. The van der Waals surface area contributed by atoms with Crippen LogP contribution in [0.5, 0.6) is 0 Å². The van der Waals surface area contributed by atoms with E-state index in [9.17, 15) is 0 Å². The summed E-state index contributed by atoms with van der Waals surface area (Å²) in [5, 5.41) is 14.2. The van der Waals surface area contributed by atoms with Gasteiger partial charge in [-0.15, -0.1) is 10.2 Å². The first-order valence-electron chi connectivity index (χ1n) is 6.70. The van der Waals surface area contributed by atoms with Gasteiger partial charge in [0.2, 0.25) is 4.96 Å². The lowest BCUT2D eigenvalue weighted by Gasteiger charge is -2.14. The molecule has 2 aromatic rings. The fourth-order valence-electron chi connectivity index (χ4n) is 2.45. The maximum Gasteiger partial charge on any atom is 0.234 e. The molecule has 7 heteroatoms. The van der Waals surface area contributed by atoms with E-state index in [0.717, 1.165) is 35.4 Å². The Morgan fingerprint density at radius 1 is 1.47 bits per heavy atom. The van der Waals surface area contributed by atoms with E-state index in [1.165, 1.54) is 0 Å². The normalized spacial score (nSPS) is 21.6. The van der Waals surface area contributed by atoms with Crippen LogP contribution in [0.4, 0.5) is 0 Å². The minimum absolute atomic E-state index is 0.291. The standard InChI is InChI=1S/C12H19N5OS/c1-7(2)9(5-13)11-16-17-10(8-3-4-18-6-8)14-15-12(17)19-11/h7-9H,3-6,13H2,1-2H3. The Bertz CT molecular complexity index is 557. The van der Waals surface area contributed by atoms with Gasteiger partial charge in [-0.05, 0) is 12.3 Å². The van der Waals surface area contributed by atoms with Crippen LogP contribution in [0.3, 0.4) is 0 Å². The Balaban J connectivity index is 1.97. The van der Waals surface area contributed by atoms with Crippen molar-refractivity contribution in [3.63, 3.8) is 0 Å². The van der Waals surface area contributed by atoms with Gasteiger partial charge >= 0.3 is 0 Å². The van der Waals surface area contributed by atoms with Crippen LogP contribution in [0.1, 0.15) is 42.9 Å². The monoisotopic (exact) mass is 281 g/mol. The Morgan fingerprint density at radius 3 is 2.95 bits per heavy atom. The van der Waals surface area contributed by atoms with E-state index in [4.69, 9.17) is 10.5 Å². The molecule has 2 atom stereocenters. The van der Waals surface area contributed by atoms with Crippen LogP contribution in [-0.4, -0.2) is 39.6 Å². The number of ether oxygens (including phenoxy) is 1. The Morgan fingerprint density at radius 2 is 2.32 bits per heavy atom. The van der Waals surface area contributed by atoms with Gasteiger partial charge in [-0.3, -0.25) is 0 Å². The maximum absolute atomic E-state index is 5.86. The number of nitrogens with zero attached hydrogens (tertiary/aromatic N) is 4. The molecule has 0 aliphatic carbocycles. The molecule has 3 rings (SSSR count). The first-order chi connectivity index (χ1) is 9.20. The van der Waals surface area contributed by atoms with Gasteiger partial charge in [-0.25, -0.2) is 0 Å². The van der Waals surface area contributed by atoms with Crippen molar-refractivity contribution in [2.75, 3.05) is 19.8 Å². The lowest BCUT2D eigenvalue weighted by molar-refractivity contribution is 0.193. The van der Waals surface area contributed by atoms with E-state index in [1.807, 2.05) is 4.52 Å². The van der Waals surface area contributed by atoms with Crippen LogP contribution in [0, 0.1) is 5.92 Å². The molecular formula is C12H19N5OS. The Hall–Kier alpha value is -1.05. The van der Waals surface area contributed by atoms with E-state index in [0.29, 0.717) is 24.3 Å². The smallest absolute Gasteiger partial charge is 0.234 e. The predicted octanol–water partition coefficient (Wildman–Crippen LogP) is 1.39. The van der Waals surface area contributed by atoms with E-state index < -0.39 is 0 Å². The first kappa shape index (κ1) is 13.0. The molecule has 0 amide bonds. The van der Waals surface area contributed by atoms with Crippen LogP contribution in [0.25, 0.3) is 4.96 Å². The molecule has 0 radical (unpaired) electrons. The third-order valence-electron chi connectivity index (χ3n) is 3.70. The summed E-state index contributed by atoms with van der Waals surface area (Å²) < 4.78 is 7.30. The van der Waals surface area contributed by atoms with Crippen molar-refractivity contribution < 1.29 is 4.74 Å². The second-order valence-corrected chi connectivity index (χ2v) is 6.33. The SMILES string of the molecule is CC(C)C(CN)c1nn2c(C3CCOC3)nnc2s1. The van der Waals surface area contributed by atoms with Crippen molar-refractivity contribution >= 4 is 16.3 Å². The van der Waals surface area contributed by atoms with Crippen LogP contribution >= 0.6 is 11.3 Å². The molecule has 6 nitrogen and oxygen atoms in total. The predicted molar refractivity (Wildman–Crippen MR) is 73.5 cm³/mol. The summed E-state index contributed by atoms with van der Waals surface area (Å²) in [5.41, 5.74) is 5.86. The minimum Gasteiger partial charge on any atom is -0.381 e. The molecule has 0 spiro atoms. The van der Waals surface area contributed by atoms with Crippen LogP contribution in [0.2, 0.25) is 0 Å². The van der Waals surface area contributed by atoms with Gasteiger partial charge in [0.25, 0.3) is 0 Å². The molecule has 19 heavy (non-hydrogen) atoms. The van der Waals surface area contributed by atoms with Crippen molar-refractivity contribution in [2.45, 2.75) is 32.1 Å².